The molecule has 12 aromatic rings. The molecule has 0 fully saturated rings. The Morgan fingerprint density at radius 3 is 0.682 bits per heavy atom. The first-order valence-corrected chi connectivity index (χ1v) is 48.4. The molecule has 4 atom stereocenters. The molecular formula is C98H98Cl2N4Si2Zr-4. The van der Waals surface area contributed by atoms with E-state index in [1.54, 1.807) is 20.7 Å². The van der Waals surface area contributed by atoms with E-state index >= 15 is 0 Å². The van der Waals surface area contributed by atoms with Crippen molar-refractivity contribution >= 4 is 146 Å². The molecule has 16 rings (SSSR count). The molecule has 0 spiro atoms. The molecule has 4 aliphatic carbocycles. The number of rotatable bonds is 16. The van der Waals surface area contributed by atoms with Crippen LogP contribution >= 0.6 is 17.0 Å². The van der Waals surface area contributed by atoms with E-state index in [1.165, 1.54) is 155 Å². The third-order valence-corrected chi connectivity index (χ3v) is 28.3. The van der Waals surface area contributed by atoms with Gasteiger partial charge in [0.2, 0.25) is 0 Å². The van der Waals surface area contributed by atoms with Crippen LogP contribution in [0.15, 0.2) is 243 Å². The fourth-order valence-corrected chi connectivity index (χ4v) is 23.2. The normalized spacial score (nSPS) is 16.1. The van der Waals surface area contributed by atoms with Crippen LogP contribution in [0.5, 0.6) is 0 Å². The molecule has 12 aromatic carbocycles. The van der Waals surface area contributed by atoms with Gasteiger partial charge in [-0.15, -0.1) is 91.6 Å². The van der Waals surface area contributed by atoms with Crippen LogP contribution in [-0.2, 0) is 46.5 Å². The van der Waals surface area contributed by atoms with Crippen LogP contribution in [0.2, 0.25) is 13.1 Å². The van der Waals surface area contributed by atoms with Crippen molar-refractivity contribution in [1.29, 1.82) is 0 Å². The summed E-state index contributed by atoms with van der Waals surface area (Å²) in [4.78, 5) is 8.70. The number of anilines is 4. The molecule has 0 aliphatic heterocycles. The predicted octanol–water partition coefficient (Wildman–Crippen LogP) is 22.1. The average molecular weight is 1550 g/mol. The molecule has 2 radical (unpaired) electrons. The van der Waals surface area contributed by atoms with Crippen LogP contribution in [0.25, 0.3) is 67.4 Å². The Morgan fingerprint density at radius 1 is 0.290 bits per heavy atom. The monoisotopic (exact) mass is 1550 g/mol. The van der Waals surface area contributed by atoms with E-state index in [9.17, 15) is 0 Å². The summed E-state index contributed by atoms with van der Waals surface area (Å²) in [6, 6.07) is 65.6. The van der Waals surface area contributed by atoms with Crippen LogP contribution in [0, 0.1) is 0 Å². The van der Waals surface area contributed by atoms with Crippen molar-refractivity contribution < 1.29 is 20.8 Å². The molecule has 0 saturated carbocycles. The molecule has 0 saturated heterocycles. The van der Waals surface area contributed by atoms with Crippen LogP contribution < -0.4 is 40.3 Å². The summed E-state index contributed by atoms with van der Waals surface area (Å²) >= 11 is -0.826. The SMILES string of the molecule is CCc1cc2c([c-]1[Si](C)[c-]1c(CC)cc3c1C=CC=CC3c1ccc3cc(N(C)C)ccc3c1)C=CC=CC2c1ccc2cc(N(C)C)ccc2c1.CCc1cc2c([c-]1[Si](C)[c-]1c(CC)cc3c1C=CC=CC3c1ccc3cc(N(C)C)ccc3c1)C=CC=CC2c1ccc2cc(N(C)C)ccc2c1.[Cl][Zr][Cl]. The van der Waals surface area contributed by atoms with Crippen molar-refractivity contribution in [1.82, 2.24) is 0 Å². The second-order valence-corrected chi connectivity index (χ2v) is 38.2. The zero-order valence-corrected chi connectivity index (χ0v) is 70.6. The van der Waals surface area contributed by atoms with Crippen molar-refractivity contribution in [3.05, 3.63) is 332 Å². The predicted molar refractivity (Wildman–Crippen MR) is 472 cm³/mol. The van der Waals surface area contributed by atoms with E-state index in [2.05, 4.69) is 384 Å². The van der Waals surface area contributed by atoms with E-state index in [0.717, 1.165) is 25.7 Å². The molecule has 540 valence electrons. The standard InChI is InChI=1S/2C49H49N2Si.2ClH.Zr/c2*1-8-32-30-46-42(38-20-18-36-28-40(50(3)4)24-22-34(36)26-38)14-10-12-16-44(46)48(32)52(7)49-33(9-2)31-47-43(15-11-13-17-45(47)49)39-21-19-37-29-41(51(5)6)25-23-35(37)27-39;;;/h2*10-31,42-43H,8-9H2,1-7H3;2*1H;/q2*-2;;;+2/p-2. The molecule has 0 N–H and O–H groups in total. The van der Waals surface area contributed by atoms with Gasteiger partial charge in [0.15, 0.2) is 0 Å². The van der Waals surface area contributed by atoms with Crippen molar-refractivity contribution in [3.8, 4) is 0 Å². The number of aryl methyl sites for hydroxylation is 4. The maximum atomic E-state index is 4.93. The van der Waals surface area contributed by atoms with Crippen LogP contribution in [0.3, 0.4) is 0 Å². The number of nitrogens with zero attached hydrogens (tertiary/aromatic N) is 4. The van der Waals surface area contributed by atoms with Gasteiger partial charge >= 0.3 is 37.9 Å². The van der Waals surface area contributed by atoms with Gasteiger partial charge in [0, 0.05) is 96.7 Å². The quantitative estimate of drug-likeness (QED) is 0.0706. The van der Waals surface area contributed by atoms with Crippen LogP contribution in [0.1, 0.15) is 140 Å². The first-order chi connectivity index (χ1) is 51.9. The minimum absolute atomic E-state index is 0.217. The second-order valence-electron chi connectivity index (χ2n) is 30.0. The summed E-state index contributed by atoms with van der Waals surface area (Å²) < 4.78 is 0. The molecule has 0 amide bonds. The fraction of sp³-hybridized carbons (Fsp3) is 0.224. The fourth-order valence-electron chi connectivity index (χ4n) is 17.3. The molecular weight excluding hydrogens is 1450 g/mol. The van der Waals surface area contributed by atoms with Gasteiger partial charge in [-0.3, -0.25) is 0 Å². The van der Waals surface area contributed by atoms with Crippen molar-refractivity contribution in [2.45, 2.75) is 90.1 Å². The van der Waals surface area contributed by atoms with Gasteiger partial charge in [-0.25, -0.2) is 0 Å². The molecule has 4 nitrogen and oxygen atoms in total. The Kier molecular flexibility index (Phi) is 22.8. The van der Waals surface area contributed by atoms with E-state index in [1.807, 2.05) is 0 Å². The van der Waals surface area contributed by atoms with E-state index in [-0.39, 0.29) is 23.7 Å². The number of benzene rings is 8. The topological polar surface area (TPSA) is 13.0 Å². The summed E-state index contributed by atoms with van der Waals surface area (Å²) in [5.74, 6) is 0.868. The Labute approximate surface area is 658 Å². The average Bonchev–Trinajstić information content (AvgIpc) is 1.60. The van der Waals surface area contributed by atoms with Gasteiger partial charge in [0.05, 0.1) is 0 Å². The van der Waals surface area contributed by atoms with Crippen molar-refractivity contribution in [3.63, 3.8) is 0 Å². The van der Waals surface area contributed by atoms with Crippen LogP contribution in [-0.4, -0.2) is 74.0 Å². The summed E-state index contributed by atoms with van der Waals surface area (Å²) in [6.45, 7) is 14.5. The number of hydrogen-bond acceptors (Lipinski definition) is 4. The number of allylic oxidation sites excluding steroid dienone is 12. The minimum atomic E-state index is -1.12. The van der Waals surface area contributed by atoms with Gasteiger partial charge in [-0.2, -0.15) is 68.8 Å². The Hall–Kier alpha value is -8.78. The second kappa shape index (κ2) is 32.6. The first-order valence-electron chi connectivity index (χ1n) is 38.1. The molecule has 9 heteroatoms. The van der Waals surface area contributed by atoms with Crippen molar-refractivity contribution in [2.24, 2.45) is 0 Å². The molecule has 0 bridgehead atoms. The Morgan fingerprint density at radius 2 is 0.486 bits per heavy atom. The van der Waals surface area contributed by atoms with Gasteiger partial charge in [-0.1, -0.05) is 186 Å². The van der Waals surface area contributed by atoms with Gasteiger partial charge in [-0.05, 0) is 163 Å². The molecule has 107 heavy (non-hydrogen) atoms. The Balaban J connectivity index is 0.000000173. The van der Waals surface area contributed by atoms with Crippen LogP contribution in [0.4, 0.5) is 22.7 Å². The van der Waals surface area contributed by atoms with Gasteiger partial charge in [0.1, 0.15) is 0 Å². The third kappa shape index (κ3) is 14.9. The summed E-state index contributed by atoms with van der Waals surface area (Å²) in [5, 5.41) is 16.7. The molecule has 4 unspecified atom stereocenters. The van der Waals surface area contributed by atoms with Crippen molar-refractivity contribution in [2.75, 3.05) is 76.0 Å². The maximum absolute atomic E-state index is 4.93. The van der Waals surface area contributed by atoms with E-state index in [0.29, 0.717) is 0 Å². The first kappa shape index (κ1) is 75.0. The van der Waals surface area contributed by atoms with Gasteiger partial charge < -0.3 is 19.6 Å². The molecule has 4 aliphatic rings. The Bertz CT molecular complexity index is 4890. The molecule has 0 heterocycles. The van der Waals surface area contributed by atoms with E-state index in [4.69, 9.17) is 17.0 Å². The zero-order valence-electron chi connectivity index (χ0n) is 64.6. The molecule has 0 aromatic heterocycles. The number of halogens is 2. The number of hydrogen-bond donors (Lipinski definition) is 0. The third-order valence-electron chi connectivity index (χ3n) is 22.9. The summed E-state index contributed by atoms with van der Waals surface area (Å²) in [6.07, 6.45) is 41.5. The van der Waals surface area contributed by atoms with Gasteiger partial charge in [0.25, 0.3) is 0 Å². The summed E-state index contributed by atoms with van der Waals surface area (Å²) in [7, 11) is 24.5. The van der Waals surface area contributed by atoms with E-state index < -0.39 is 38.4 Å². The zero-order chi connectivity index (χ0) is 74.9. The summed E-state index contributed by atoms with van der Waals surface area (Å²) in [5.41, 5.74) is 28.0. The number of fused-ring (bicyclic) bond motifs is 8.